The van der Waals surface area contributed by atoms with Gasteiger partial charge in [0.25, 0.3) is 0 Å². The van der Waals surface area contributed by atoms with Crippen LogP contribution in [0.25, 0.3) is 176 Å². The number of benzene rings is 19. The summed E-state index contributed by atoms with van der Waals surface area (Å²) in [6, 6.07) is 167. The lowest BCUT2D eigenvalue weighted by Gasteiger charge is -2.29. The quantitative estimate of drug-likeness (QED) is 0.115. The van der Waals surface area contributed by atoms with Crippen LogP contribution in [0.3, 0.4) is 0 Å². The molecule has 0 radical (unpaired) electrons. The van der Waals surface area contributed by atoms with Crippen LogP contribution >= 0.6 is 11.8 Å². The van der Waals surface area contributed by atoms with Crippen molar-refractivity contribution < 1.29 is 0 Å². The molecule has 7 heterocycles. The molecule has 0 atom stereocenters. The molecule has 1 fully saturated rings. The van der Waals surface area contributed by atoms with Gasteiger partial charge in [0.05, 0.1) is 117 Å². The predicted octanol–water partition coefficient (Wildman–Crippen LogP) is 31.5. The minimum absolute atomic E-state index is 1.07. The summed E-state index contributed by atoms with van der Waals surface area (Å²) in [5.74, 6) is 0. The number of aromatic nitrogens is 6. The first kappa shape index (κ1) is 74.7. The SMILES string of the molecule is c1cc(-n2c3ccccc3c3ccccc32)c(N2CCCC2)c(-n2c3ccccc3c3ccccc32)c1.c1ccc(-c2c(-n3c4ccccc4c4ccccc43)cc(N(c3ccccc3)c3ccccc3)cc2-n2c3ccccc3c3ccccc32)cc1.c1ccc(Sc2c(-n3c4ccccc4c4ccccc43)cccc2-n2c3ccccc3c3ccccc32)cc1. The van der Waals surface area contributed by atoms with Crippen LogP contribution < -0.4 is 9.80 Å². The molecule has 127 heavy (non-hydrogen) atoms. The highest BCUT2D eigenvalue weighted by Gasteiger charge is 2.30. The summed E-state index contributed by atoms with van der Waals surface area (Å²) in [7, 11) is 0. The van der Waals surface area contributed by atoms with E-state index in [2.05, 4.69) is 498 Å². The Hall–Kier alpha value is -16.1. The van der Waals surface area contributed by atoms with E-state index >= 15 is 0 Å². The summed E-state index contributed by atoms with van der Waals surface area (Å²) < 4.78 is 14.8. The van der Waals surface area contributed by atoms with Crippen molar-refractivity contribution in [2.75, 3.05) is 22.9 Å². The minimum Gasteiger partial charge on any atom is -0.368 e. The van der Waals surface area contributed by atoms with Crippen molar-refractivity contribution in [2.24, 2.45) is 0 Å². The largest absolute Gasteiger partial charge is 0.368 e. The van der Waals surface area contributed by atoms with Crippen molar-refractivity contribution in [3.05, 3.63) is 461 Å². The Morgan fingerprint density at radius 1 is 0.189 bits per heavy atom. The Bertz CT molecular complexity index is 7760. The zero-order valence-electron chi connectivity index (χ0n) is 69.7. The molecule has 0 N–H and O–H groups in total. The number of hydrogen-bond acceptors (Lipinski definition) is 3. The normalized spacial score (nSPS) is 12.3. The summed E-state index contributed by atoms with van der Waals surface area (Å²) in [5, 5.41) is 15.2. The second-order valence-corrected chi connectivity index (χ2v) is 33.9. The molecule has 602 valence electrons. The van der Waals surface area contributed by atoms with Crippen LogP contribution in [0.5, 0.6) is 0 Å². The summed E-state index contributed by atoms with van der Waals surface area (Å²) in [5.41, 5.74) is 28.6. The third-order valence-electron chi connectivity index (χ3n) is 25.7. The molecule has 8 nitrogen and oxygen atoms in total. The number of hydrogen-bond donors (Lipinski definition) is 0. The Morgan fingerprint density at radius 3 is 0.685 bits per heavy atom. The van der Waals surface area contributed by atoms with Crippen LogP contribution in [0.1, 0.15) is 12.8 Å². The molecule has 1 aliphatic rings. The van der Waals surface area contributed by atoms with E-state index in [1.807, 2.05) is 11.8 Å². The van der Waals surface area contributed by atoms with E-state index in [-0.39, 0.29) is 0 Å². The molecule has 0 saturated carbocycles. The van der Waals surface area contributed by atoms with Crippen molar-refractivity contribution in [1.29, 1.82) is 0 Å². The van der Waals surface area contributed by atoms with Crippen molar-refractivity contribution in [1.82, 2.24) is 27.4 Å². The molecule has 0 aliphatic carbocycles. The molecule has 1 saturated heterocycles. The summed E-state index contributed by atoms with van der Waals surface area (Å²) in [6.45, 7) is 2.16. The van der Waals surface area contributed by atoms with Gasteiger partial charge in [-0.25, -0.2) is 0 Å². The van der Waals surface area contributed by atoms with E-state index in [1.165, 1.54) is 187 Å². The van der Waals surface area contributed by atoms with Crippen LogP contribution in [0.15, 0.2) is 471 Å². The highest BCUT2D eigenvalue weighted by molar-refractivity contribution is 7.99. The fourth-order valence-corrected chi connectivity index (χ4v) is 21.5. The molecule has 0 unspecified atom stereocenters. The number of anilines is 4. The smallest absolute Gasteiger partial charge is 0.0856 e. The summed E-state index contributed by atoms with van der Waals surface area (Å²) in [4.78, 5) is 7.43. The highest BCUT2D eigenvalue weighted by atomic mass is 32.2. The fraction of sp³-hybridized carbons (Fsp3) is 0.0339. The van der Waals surface area contributed by atoms with Gasteiger partial charge >= 0.3 is 0 Å². The van der Waals surface area contributed by atoms with Crippen LogP contribution in [-0.2, 0) is 0 Å². The maximum atomic E-state index is 2.61. The predicted molar refractivity (Wildman–Crippen MR) is 537 cm³/mol. The third-order valence-corrected chi connectivity index (χ3v) is 26.8. The molecule has 9 heteroatoms. The maximum Gasteiger partial charge on any atom is 0.0856 e. The van der Waals surface area contributed by atoms with E-state index in [1.54, 1.807) is 0 Å². The number of rotatable bonds is 13. The average Bonchev–Trinajstić information content (AvgIpc) is 1.60. The molecule has 1 aliphatic heterocycles. The van der Waals surface area contributed by atoms with Crippen molar-refractivity contribution >= 4 is 165 Å². The first-order chi connectivity index (χ1) is 63.1. The first-order valence-corrected chi connectivity index (χ1v) is 44.7. The van der Waals surface area contributed by atoms with Crippen molar-refractivity contribution in [3.8, 4) is 45.3 Å². The molecule has 25 aromatic rings. The molecule has 0 bridgehead atoms. The van der Waals surface area contributed by atoms with Gasteiger partial charge in [-0.15, -0.1) is 0 Å². The zero-order valence-corrected chi connectivity index (χ0v) is 70.5. The molecular weight excluding hydrogens is 1560 g/mol. The molecule has 19 aromatic carbocycles. The summed E-state index contributed by atoms with van der Waals surface area (Å²) in [6.07, 6.45) is 2.46. The van der Waals surface area contributed by atoms with Gasteiger partial charge in [-0.2, -0.15) is 0 Å². The van der Waals surface area contributed by atoms with Gasteiger partial charge in [0, 0.05) is 99.6 Å². The topological polar surface area (TPSA) is 36.1 Å². The van der Waals surface area contributed by atoms with E-state index < -0.39 is 0 Å². The molecule has 0 amide bonds. The van der Waals surface area contributed by atoms with Crippen molar-refractivity contribution in [3.63, 3.8) is 0 Å². The second kappa shape index (κ2) is 31.7. The molecular formula is C118H84N8S. The maximum absolute atomic E-state index is 2.61. The van der Waals surface area contributed by atoms with E-state index in [0.29, 0.717) is 0 Å². The second-order valence-electron chi connectivity index (χ2n) is 32.8. The third kappa shape index (κ3) is 12.6. The Labute approximate surface area is 739 Å². The molecule has 0 spiro atoms. The van der Waals surface area contributed by atoms with Gasteiger partial charge < -0.3 is 37.2 Å². The lowest BCUT2D eigenvalue weighted by molar-refractivity contribution is 0.944. The van der Waals surface area contributed by atoms with Gasteiger partial charge in [-0.3, -0.25) is 0 Å². The van der Waals surface area contributed by atoms with Gasteiger partial charge in [-0.05, 0) is 164 Å². The number of para-hydroxylation sites is 15. The van der Waals surface area contributed by atoms with Crippen LogP contribution in [-0.4, -0.2) is 40.5 Å². The van der Waals surface area contributed by atoms with Gasteiger partial charge in [-0.1, -0.05) is 327 Å². The van der Waals surface area contributed by atoms with Crippen molar-refractivity contribution in [2.45, 2.75) is 22.6 Å². The highest BCUT2D eigenvalue weighted by Crippen LogP contribution is 2.50. The lowest BCUT2D eigenvalue weighted by Crippen LogP contribution is -2.22. The van der Waals surface area contributed by atoms with Gasteiger partial charge in [0.15, 0.2) is 0 Å². The Morgan fingerprint density at radius 2 is 0.409 bits per heavy atom. The lowest BCUT2D eigenvalue weighted by atomic mass is 9.98. The fourth-order valence-electron chi connectivity index (χ4n) is 20.4. The molecule has 26 rings (SSSR count). The van der Waals surface area contributed by atoms with E-state index in [0.717, 1.165) is 47.1 Å². The summed E-state index contributed by atoms with van der Waals surface area (Å²) >= 11 is 1.83. The number of nitrogens with zero attached hydrogens (tertiary/aromatic N) is 8. The molecule has 6 aromatic heterocycles. The standard InChI is InChI=1S/C48H33N3.C36H24N2S.C34H27N3/c1-4-18-34(19-5-1)48-46(50-42-28-14-10-24-38(42)39-25-11-15-29-43(39)50)32-37(49(35-20-6-2-7-21-35)36-22-8-3-9-23-36)33-47(48)51-44-30-16-12-26-40(44)41-27-13-17-31-45(41)51;1-2-13-25(14-3-1)39-36-34(37-30-19-8-4-15-26(30)27-16-5-9-20-31(27)37)23-12-24-35(36)38-32-21-10-6-17-28(32)29-18-7-11-22-33(29)38;1-5-16-28-24(12-1)25-13-2-6-17-29(25)36(28)32-20-11-21-33(34(32)35-22-9-10-23-35)37-30-18-7-3-14-26(30)27-15-4-8-19-31(27)37/h1-33H;1-24H;1-8,11-21H,9-10,22-23H2. The Kier molecular flexibility index (Phi) is 18.6. The average molecular weight is 1650 g/mol. The van der Waals surface area contributed by atoms with Gasteiger partial charge in [0.2, 0.25) is 0 Å². The Balaban J connectivity index is 0.000000108. The monoisotopic (exact) mass is 1640 g/mol. The zero-order chi connectivity index (χ0) is 83.8. The van der Waals surface area contributed by atoms with E-state index in [9.17, 15) is 0 Å². The van der Waals surface area contributed by atoms with E-state index in [4.69, 9.17) is 0 Å². The van der Waals surface area contributed by atoms with Crippen LogP contribution in [0.2, 0.25) is 0 Å². The number of fused-ring (bicyclic) bond motifs is 18. The minimum atomic E-state index is 1.07. The van der Waals surface area contributed by atoms with Crippen LogP contribution in [0.4, 0.5) is 22.7 Å². The van der Waals surface area contributed by atoms with Crippen LogP contribution in [0, 0.1) is 0 Å². The first-order valence-electron chi connectivity index (χ1n) is 43.9. The van der Waals surface area contributed by atoms with Gasteiger partial charge in [0.1, 0.15) is 0 Å².